The van der Waals surface area contributed by atoms with Crippen molar-refractivity contribution in [2.75, 3.05) is 13.1 Å². The molecule has 0 aromatic heterocycles. The molecule has 2 aromatic rings. The minimum Gasteiger partial charge on any atom is -0.353 e. The molecule has 3 rings (SSSR count). The van der Waals surface area contributed by atoms with Crippen molar-refractivity contribution in [1.29, 1.82) is 0 Å². The average molecular weight is 393 g/mol. The molecule has 1 aliphatic heterocycles. The van der Waals surface area contributed by atoms with Crippen molar-refractivity contribution in [3.63, 3.8) is 0 Å². The number of hydrogen-bond donors (Lipinski definition) is 1. The predicted molar refractivity (Wildman–Crippen MR) is 116 cm³/mol. The van der Waals surface area contributed by atoms with Crippen molar-refractivity contribution in [1.82, 2.24) is 10.2 Å². The summed E-state index contributed by atoms with van der Waals surface area (Å²) in [5, 5.41) is 3.17. The van der Waals surface area contributed by atoms with Crippen molar-refractivity contribution in [2.45, 2.75) is 51.5 Å². The smallest absolute Gasteiger partial charge is 0.223 e. The first kappa shape index (κ1) is 21.1. The molecule has 1 unspecified atom stereocenters. The van der Waals surface area contributed by atoms with Crippen molar-refractivity contribution in [3.05, 3.63) is 71.8 Å². The number of rotatable bonds is 8. The van der Waals surface area contributed by atoms with Gasteiger partial charge in [-0.1, -0.05) is 60.7 Å². The van der Waals surface area contributed by atoms with Crippen molar-refractivity contribution >= 4 is 11.8 Å². The first-order valence-corrected chi connectivity index (χ1v) is 10.8. The van der Waals surface area contributed by atoms with E-state index in [0.29, 0.717) is 19.5 Å². The molecule has 1 atom stereocenters. The first-order chi connectivity index (χ1) is 14.1. The van der Waals surface area contributed by atoms with Gasteiger partial charge in [-0.25, -0.2) is 0 Å². The summed E-state index contributed by atoms with van der Waals surface area (Å²) in [5.74, 6) is 0.359. The van der Waals surface area contributed by atoms with E-state index < -0.39 is 0 Å². The summed E-state index contributed by atoms with van der Waals surface area (Å²) in [6.45, 7) is 3.44. The monoisotopic (exact) mass is 392 g/mol. The Morgan fingerprint density at radius 3 is 2.07 bits per heavy atom. The molecule has 1 N–H and O–H groups in total. The van der Waals surface area contributed by atoms with Crippen LogP contribution in [0.2, 0.25) is 0 Å². The fourth-order valence-electron chi connectivity index (χ4n) is 3.91. The van der Waals surface area contributed by atoms with Gasteiger partial charge in [0.2, 0.25) is 11.8 Å². The van der Waals surface area contributed by atoms with Gasteiger partial charge in [0.1, 0.15) is 0 Å². The molecule has 2 amide bonds. The molecule has 2 aromatic carbocycles. The third-order valence-electron chi connectivity index (χ3n) is 5.79. The summed E-state index contributed by atoms with van der Waals surface area (Å²) in [7, 11) is 0. The minimum atomic E-state index is 0.0207. The zero-order valence-corrected chi connectivity index (χ0v) is 17.3. The van der Waals surface area contributed by atoms with Crippen LogP contribution in [0.4, 0.5) is 0 Å². The maximum absolute atomic E-state index is 12.6. The number of amides is 2. The van der Waals surface area contributed by atoms with Crippen LogP contribution in [0, 0.1) is 5.92 Å². The Morgan fingerprint density at radius 1 is 0.931 bits per heavy atom. The molecule has 0 bridgehead atoms. The van der Waals surface area contributed by atoms with E-state index in [1.807, 2.05) is 41.3 Å². The zero-order valence-electron chi connectivity index (χ0n) is 17.3. The topological polar surface area (TPSA) is 49.4 Å². The van der Waals surface area contributed by atoms with E-state index in [1.54, 1.807) is 0 Å². The van der Waals surface area contributed by atoms with Gasteiger partial charge in [0, 0.05) is 31.5 Å². The van der Waals surface area contributed by atoms with Crippen LogP contribution < -0.4 is 5.32 Å². The van der Waals surface area contributed by atoms with Gasteiger partial charge in [-0.3, -0.25) is 9.59 Å². The lowest BCUT2D eigenvalue weighted by molar-refractivity contribution is -0.135. The van der Waals surface area contributed by atoms with E-state index in [1.165, 1.54) is 11.1 Å². The molecule has 0 radical (unpaired) electrons. The summed E-state index contributed by atoms with van der Waals surface area (Å²) >= 11 is 0. The number of hydrogen-bond acceptors (Lipinski definition) is 2. The third kappa shape index (κ3) is 6.74. The quantitative estimate of drug-likeness (QED) is 0.738. The molecule has 0 spiro atoms. The number of carbonyl (C=O) groups is 2. The van der Waals surface area contributed by atoms with Gasteiger partial charge in [0.25, 0.3) is 0 Å². The molecule has 0 saturated carbocycles. The van der Waals surface area contributed by atoms with Gasteiger partial charge in [-0.2, -0.15) is 0 Å². The van der Waals surface area contributed by atoms with Crippen LogP contribution in [0.3, 0.4) is 0 Å². The van der Waals surface area contributed by atoms with Crippen LogP contribution in [0.25, 0.3) is 0 Å². The second kappa shape index (κ2) is 10.8. The highest BCUT2D eigenvalue weighted by molar-refractivity contribution is 5.80. The Kier molecular flexibility index (Phi) is 7.85. The molecule has 1 saturated heterocycles. The Hall–Kier alpha value is -2.62. The molecule has 1 aliphatic rings. The Labute approximate surface area is 174 Å². The van der Waals surface area contributed by atoms with E-state index in [4.69, 9.17) is 0 Å². The number of piperidine rings is 1. The van der Waals surface area contributed by atoms with Crippen molar-refractivity contribution in [3.8, 4) is 0 Å². The number of likely N-dealkylation sites (tertiary alicyclic amines) is 1. The number of aryl methyl sites for hydroxylation is 2. The minimum absolute atomic E-state index is 0.0207. The van der Waals surface area contributed by atoms with Crippen LogP contribution >= 0.6 is 0 Å². The Balaban J connectivity index is 1.35. The van der Waals surface area contributed by atoms with Gasteiger partial charge in [-0.05, 0) is 50.2 Å². The lowest BCUT2D eigenvalue weighted by Crippen LogP contribution is -2.45. The van der Waals surface area contributed by atoms with E-state index in [-0.39, 0.29) is 23.8 Å². The highest BCUT2D eigenvalue weighted by atomic mass is 16.2. The maximum Gasteiger partial charge on any atom is 0.223 e. The number of benzene rings is 2. The zero-order chi connectivity index (χ0) is 20.5. The van der Waals surface area contributed by atoms with E-state index in [0.717, 1.165) is 32.1 Å². The summed E-state index contributed by atoms with van der Waals surface area (Å²) in [6.07, 6.45) is 4.74. The average Bonchev–Trinajstić information content (AvgIpc) is 2.77. The SMILES string of the molecule is CC(CCc1ccccc1)NC(=O)C1CCN(C(=O)CCc2ccccc2)CC1. The summed E-state index contributed by atoms with van der Waals surface area (Å²) in [4.78, 5) is 27.0. The lowest BCUT2D eigenvalue weighted by Gasteiger charge is -2.32. The molecule has 4 nitrogen and oxygen atoms in total. The summed E-state index contributed by atoms with van der Waals surface area (Å²) < 4.78 is 0. The highest BCUT2D eigenvalue weighted by Crippen LogP contribution is 2.19. The summed E-state index contributed by atoms with van der Waals surface area (Å²) in [5.41, 5.74) is 2.50. The maximum atomic E-state index is 12.6. The second-order valence-corrected chi connectivity index (χ2v) is 8.07. The molecular weight excluding hydrogens is 360 g/mol. The number of nitrogens with zero attached hydrogens (tertiary/aromatic N) is 1. The van der Waals surface area contributed by atoms with Crippen LogP contribution in [-0.4, -0.2) is 35.8 Å². The predicted octanol–water partition coefficient (Wildman–Crippen LogP) is 4.00. The normalized spacial score (nSPS) is 15.7. The van der Waals surface area contributed by atoms with Gasteiger partial charge in [0.15, 0.2) is 0 Å². The first-order valence-electron chi connectivity index (χ1n) is 10.8. The Bertz CT molecular complexity index is 768. The molecular formula is C25H32N2O2. The van der Waals surface area contributed by atoms with E-state index in [2.05, 4.69) is 36.5 Å². The second-order valence-electron chi connectivity index (χ2n) is 8.07. The van der Waals surface area contributed by atoms with Crippen LogP contribution in [0.15, 0.2) is 60.7 Å². The van der Waals surface area contributed by atoms with Crippen molar-refractivity contribution < 1.29 is 9.59 Å². The van der Waals surface area contributed by atoms with Crippen LogP contribution in [-0.2, 0) is 22.4 Å². The largest absolute Gasteiger partial charge is 0.353 e. The molecule has 1 fully saturated rings. The van der Waals surface area contributed by atoms with Crippen molar-refractivity contribution in [2.24, 2.45) is 5.92 Å². The fraction of sp³-hybridized carbons (Fsp3) is 0.440. The third-order valence-corrected chi connectivity index (χ3v) is 5.79. The van der Waals surface area contributed by atoms with E-state index >= 15 is 0 Å². The van der Waals surface area contributed by atoms with E-state index in [9.17, 15) is 9.59 Å². The van der Waals surface area contributed by atoms with Crippen LogP contribution in [0.5, 0.6) is 0 Å². The number of nitrogens with one attached hydrogen (secondary N) is 1. The standard InChI is InChI=1S/C25H32N2O2/c1-20(12-13-21-8-4-2-5-9-21)26-25(29)23-16-18-27(19-17-23)24(28)15-14-22-10-6-3-7-11-22/h2-11,20,23H,12-19H2,1H3,(H,26,29). The lowest BCUT2D eigenvalue weighted by atomic mass is 9.95. The molecule has 29 heavy (non-hydrogen) atoms. The Morgan fingerprint density at radius 2 is 1.48 bits per heavy atom. The summed E-state index contributed by atoms with van der Waals surface area (Å²) in [6, 6.07) is 20.6. The van der Waals surface area contributed by atoms with Crippen LogP contribution in [0.1, 0.15) is 43.7 Å². The molecule has 0 aliphatic carbocycles. The van der Waals surface area contributed by atoms with Gasteiger partial charge < -0.3 is 10.2 Å². The number of carbonyl (C=O) groups excluding carboxylic acids is 2. The fourth-order valence-corrected chi connectivity index (χ4v) is 3.91. The van der Waals surface area contributed by atoms with Gasteiger partial charge in [0.05, 0.1) is 0 Å². The molecule has 154 valence electrons. The van der Waals surface area contributed by atoms with Gasteiger partial charge in [-0.15, -0.1) is 0 Å². The highest BCUT2D eigenvalue weighted by Gasteiger charge is 2.27. The molecule has 1 heterocycles. The molecule has 4 heteroatoms. The van der Waals surface area contributed by atoms with Gasteiger partial charge >= 0.3 is 0 Å².